The van der Waals surface area contributed by atoms with Crippen LogP contribution < -0.4 is 14.9 Å². The molecule has 2 unspecified atom stereocenters. The summed E-state index contributed by atoms with van der Waals surface area (Å²) in [6, 6.07) is 9.41. The Kier molecular flexibility index (Phi) is 6.00. The van der Waals surface area contributed by atoms with Crippen LogP contribution in [0.2, 0.25) is 0 Å². The fourth-order valence-electron chi connectivity index (χ4n) is 4.62. The molecule has 0 amide bonds. The number of hydrogen-bond acceptors (Lipinski definition) is 8. The van der Waals surface area contributed by atoms with E-state index in [-0.39, 0.29) is 10.8 Å². The number of anilines is 2. The van der Waals surface area contributed by atoms with E-state index in [2.05, 4.69) is 28.5 Å². The second-order valence-electron chi connectivity index (χ2n) is 8.85. The molecule has 2 atom stereocenters. The van der Waals surface area contributed by atoms with Crippen molar-refractivity contribution in [3.8, 4) is 0 Å². The number of thiophene rings is 1. The Morgan fingerprint density at radius 2 is 2.06 bits per heavy atom. The van der Waals surface area contributed by atoms with Gasteiger partial charge in [-0.3, -0.25) is 14.2 Å². The molecule has 1 saturated heterocycles. The summed E-state index contributed by atoms with van der Waals surface area (Å²) in [5.41, 5.74) is 2.73. The van der Waals surface area contributed by atoms with E-state index in [4.69, 9.17) is 4.99 Å². The SMILES string of the molecule is CN(c1cccc2c1NC(C1=NCC(C)(CN3CCNCC3)S1)C2)S(=O)(=O)c1cccs1. The summed E-state index contributed by atoms with van der Waals surface area (Å²) in [5.74, 6) is 0. The zero-order valence-corrected chi connectivity index (χ0v) is 20.8. The third kappa shape index (κ3) is 4.19. The Labute approximate surface area is 198 Å². The number of benzene rings is 1. The molecule has 3 aliphatic rings. The molecule has 1 fully saturated rings. The molecule has 0 bridgehead atoms. The molecular weight excluding hydrogens is 462 g/mol. The lowest BCUT2D eigenvalue weighted by atomic mass is 10.1. The van der Waals surface area contributed by atoms with Crippen molar-refractivity contribution in [2.24, 2.45) is 4.99 Å². The van der Waals surface area contributed by atoms with E-state index in [1.807, 2.05) is 23.9 Å². The van der Waals surface area contributed by atoms with Crippen molar-refractivity contribution in [2.45, 2.75) is 28.3 Å². The fourth-order valence-corrected chi connectivity index (χ4v) is 8.29. The number of hydrogen-bond donors (Lipinski definition) is 2. The number of aliphatic imine (C=N–C) groups is 1. The van der Waals surface area contributed by atoms with Crippen LogP contribution in [0.25, 0.3) is 0 Å². The lowest BCUT2D eigenvalue weighted by molar-refractivity contribution is 0.224. The number of nitrogens with one attached hydrogen (secondary N) is 2. The third-order valence-corrected chi connectivity index (χ3v) is 10.8. The van der Waals surface area contributed by atoms with Gasteiger partial charge >= 0.3 is 0 Å². The molecule has 172 valence electrons. The first-order valence-electron chi connectivity index (χ1n) is 10.9. The van der Waals surface area contributed by atoms with E-state index in [1.165, 1.54) is 15.6 Å². The smallest absolute Gasteiger partial charge is 0.273 e. The van der Waals surface area contributed by atoms with E-state index in [9.17, 15) is 8.42 Å². The molecule has 4 heterocycles. The van der Waals surface area contributed by atoms with Crippen molar-refractivity contribution in [2.75, 3.05) is 55.9 Å². The minimum absolute atomic E-state index is 0.0886. The highest BCUT2D eigenvalue weighted by Gasteiger charge is 2.39. The summed E-state index contributed by atoms with van der Waals surface area (Å²) in [6.45, 7) is 8.46. The first-order valence-corrected chi connectivity index (χ1v) is 14.1. The predicted molar refractivity (Wildman–Crippen MR) is 135 cm³/mol. The largest absolute Gasteiger partial charge is 0.374 e. The van der Waals surface area contributed by atoms with Crippen LogP contribution in [0.4, 0.5) is 11.4 Å². The van der Waals surface area contributed by atoms with Crippen molar-refractivity contribution < 1.29 is 8.42 Å². The zero-order chi connectivity index (χ0) is 22.3. The van der Waals surface area contributed by atoms with Gasteiger partial charge in [-0.25, -0.2) is 8.42 Å². The monoisotopic (exact) mass is 491 g/mol. The normalized spacial score (nSPS) is 25.9. The molecule has 3 aliphatic heterocycles. The highest BCUT2D eigenvalue weighted by Crippen LogP contribution is 2.42. The third-order valence-electron chi connectivity index (χ3n) is 6.31. The Balaban J connectivity index is 1.31. The number of nitrogens with zero attached hydrogens (tertiary/aromatic N) is 3. The number of rotatable bonds is 6. The number of thioether (sulfide) groups is 1. The van der Waals surface area contributed by atoms with Gasteiger partial charge in [-0.2, -0.15) is 0 Å². The van der Waals surface area contributed by atoms with Gasteiger partial charge in [-0.15, -0.1) is 11.3 Å². The van der Waals surface area contributed by atoms with Crippen LogP contribution in [0.1, 0.15) is 12.5 Å². The molecular formula is C22H29N5O2S3. The highest BCUT2D eigenvalue weighted by atomic mass is 32.2. The van der Waals surface area contributed by atoms with Crippen LogP contribution in [0.5, 0.6) is 0 Å². The average molecular weight is 492 g/mol. The molecule has 0 aliphatic carbocycles. The van der Waals surface area contributed by atoms with E-state index in [0.717, 1.165) is 62.0 Å². The maximum atomic E-state index is 13.1. The highest BCUT2D eigenvalue weighted by molar-refractivity contribution is 8.15. The van der Waals surface area contributed by atoms with Crippen LogP contribution in [0.15, 0.2) is 44.9 Å². The van der Waals surface area contributed by atoms with E-state index < -0.39 is 10.0 Å². The van der Waals surface area contributed by atoms with E-state index in [1.54, 1.807) is 24.6 Å². The van der Waals surface area contributed by atoms with Gasteiger partial charge in [0.05, 0.1) is 33.8 Å². The molecule has 2 N–H and O–H groups in total. The molecule has 32 heavy (non-hydrogen) atoms. The lowest BCUT2D eigenvalue weighted by Crippen LogP contribution is -2.49. The second kappa shape index (κ2) is 8.64. The maximum absolute atomic E-state index is 13.1. The van der Waals surface area contributed by atoms with Crippen molar-refractivity contribution in [1.29, 1.82) is 0 Å². The van der Waals surface area contributed by atoms with Crippen molar-refractivity contribution >= 4 is 49.5 Å². The average Bonchev–Trinajstić information content (AvgIpc) is 3.53. The van der Waals surface area contributed by atoms with Crippen LogP contribution in [0, 0.1) is 0 Å². The van der Waals surface area contributed by atoms with Crippen LogP contribution >= 0.6 is 23.1 Å². The second-order valence-corrected chi connectivity index (χ2v) is 13.6. The Hall–Kier alpha value is -1.59. The zero-order valence-electron chi connectivity index (χ0n) is 18.4. The lowest BCUT2D eigenvalue weighted by Gasteiger charge is -2.34. The summed E-state index contributed by atoms with van der Waals surface area (Å²) in [5, 5.41) is 9.94. The van der Waals surface area contributed by atoms with Gasteiger partial charge in [-0.05, 0) is 30.0 Å². The summed E-state index contributed by atoms with van der Waals surface area (Å²) >= 11 is 3.13. The molecule has 0 radical (unpaired) electrons. The minimum Gasteiger partial charge on any atom is -0.374 e. The van der Waals surface area contributed by atoms with Gasteiger partial charge in [0.2, 0.25) is 0 Å². The van der Waals surface area contributed by atoms with Gasteiger partial charge in [0.1, 0.15) is 4.21 Å². The molecule has 1 aromatic heterocycles. The van der Waals surface area contributed by atoms with Gasteiger partial charge in [0, 0.05) is 46.2 Å². The molecule has 1 aromatic carbocycles. The Morgan fingerprint density at radius 1 is 1.25 bits per heavy atom. The number of piperazine rings is 1. The molecule has 0 saturated carbocycles. The van der Waals surface area contributed by atoms with Crippen LogP contribution in [-0.2, 0) is 16.4 Å². The standard InChI is InChI=1S/C22H29N5O2S3/c1-22(15-27-10-8-23-9-11-27)14-24-21(31-22)17-13-16-5-3-6-18(20(16)25-17)26(2)32(28,29)19-7-4-12-30-19/h3-7,12,17,23,25H,8-11,13-15H2,1-2H3. The molecule has 2 aromatic rings. The molecule has 10 heteroatoms. The summed E-state index contributed by atoms with van der Waals surface area (Å²) in [7, 11) is -1.94. The molecule has 5 rings (SSSR count). The Morgan fingerprint density at radius 3 is 2.81 bits per heavy atom. The number of sulfonamides is 1. The van der Waals surface area contributed by atoms with E-state index >= 15 is 0 Å². The van der Waals surface area contributed by atoms with Gasteiger partial charge in [0.15, 0.2) is 0 Å². The predicted octanol–water partition coefficient (Wildman–Crippen LogP) is 2.72. The minimum atomic E-state index is -3.58. The summed E-state index contributed by atoms with van der Waals surface area (Å²) in [6.07, 6.45) is 0.825. The van der Waals surface area contributed by atoms with Crippen molar-refractivity contribution in [3.63, 3.8) is 0 Å². The number of fused-ring (bicyclic) bond motifs is 1. The number of para-hydroxylation sites is 1. The van der Waals surface area contributed by atoms with Gasteiger partial charge in [-0.1, -0.05) is 30.0 Å². The summed E-state index contributed by atoms with van der Waals surface area (Å²) < 4.78 is 28.0. The van der Waals surface area contributed by atoms with Crippen molar-refractivity contribution in [1.82, 2.24) is 10.2 Å². The van der Waals surface area contributed by atoms with Crippen molar-refractivity contribution in [3.05, 3.63) is 41.3 Å². The van der Waals surface area contributed by atoms with Gasteiger partial charge in [0.25, 0.3) is 10.0 Å². The molecule has 7 nitrogen and oxygen atoms in total. The fraction of sp³-hybridized carbons (Fsp3) is 0.500. The Bertz CT molecular complexity index is 1110. The quantitative estimate of drug-likeness (QED) is 0.647. The first kappa shape index (κ1) is 22.2. The topological polar surface area (TPSA) is 77.0 Å². The summed E-state index contributed by atoms with van der Waals surface area (Å²) in [4.78, 5) is 7.46. The molecule has 0 spiro atoms. The van der Waals surface area contributed by atoms with E-state index in [0.29, 0.717) is 9.90 Å². The maximum Gasteiger partial charge on any atom is 0.273 e. The first-order chi connectivity index (χ1) is 15.4. The van der Waals surface area contributed by atoms with Crippen LogP contribution in [-0.4, -0.2) is 75.5 Å². The van der Waals surface area contributed by atoms with Gasteiger partial charge < -0.3 is 10.6 Å². The van der Waals surface area contributed by atoms with Crippen LogP contribution in [0.3, 0.4) is 0 Å².